The van der Waals surface area contributed by atoms with Crippen LogP contribution >= 0.6 is 0 Å². The number of aliphatic hydroxyl groups is 1. The number of Topliss-reactive ketones (excluding diaryl/α,β-unsaturated/α-hetero) is 1. The van der Waals surface area contributed by atoms with Gasteiger partial charge in [0.1, 0.15) is 23.1 Å². The molecule has 0 unspecified atom stereocenters. The second-order valence-electron chi connectivity index (χ2n) is 9.42. The molecule has 0 aliphatic carbocycles. The number of fused-ring (bicyclic) bond motifs is 4. The smallest absolute Gasteiger partial charge is 0.512 e. The highest BCUT2D eigenvalue weighted by atomic mass is 19.4. The van der Waals surface area contributed by atoms with Gasteiger partial charge in [-0.1, -0.05) is 54.6 Å². The van der Waals surface area contributed by atoms with Crippen LogP contribution in [0.5, 0.6) is 5.75 Å². The van der Waals surface area contributed by atoms with Crippen LogP contribution in [0.4, 0.5) is 13.2 Å². The van der Waals surface area contributed by atoms with Crippen LogP contribution in [0, 0.1) is 0 Å². The third-order valence-corrected chi connectivity index (χ3v) is 7.14. The number of rotatable bonds is 3. The highest BCUT2D eigenvalue weighted by Crippen LogP contribution is 2.45. The van der Waals surface area contributed by atoms with Crippen molar-refractivity contribution < 1.29 is 32.6 Å². The van der Waals surface area contributed by atoms with Crippen molar-refractivity contribution in [2.24, 2.45) is 0 Å². The molecule has 2 atom stereocenters. The molecule has 0 spiro atoms. The Hall–Kier alpha value is -4.53. The van der Waals surface area contributed by atoms with Crippen molar-refractivity contribution in [3.8, 4) is 16.9 Å². The molecule has 0 bridgehead atoms. The number of hydrogen-bond donors (Lipinski definition) is 2. The van der Waals surface area contributed by atoms with Gasteiger partial charge < -0.3 is 19.7 Å². The number of benzene rings is 3. The van der Waals surface area contributed by atoms with E-state index in [0.29, 0.717) is 12.0 Å². The third kappa shape index (κ3) is 3.82. The maximum Gasteiger partial charge on any atom is 0.573 e. The van der Waals surface area contributed by atoms with Crippen molar-refractivity contribution in [3.05, 3.63) is 101 Å². The number of H-pyrrole nitrogens is 1. The van der Waals surface area contributed by atoms with Gasteiger partial charge in [-0.25, -0.2) is 0 Å². The maximum absolute atomic E-state index is 13.4. The Morgan fingerprint density at radius 1 is 0.974 bits per heavy atom. The van der Waals surface area contributed by atoms with Crippen LogP contribution < -0.4 is 4.74 Å². The van der Waals surface area contributed by atoms with Gasteiger partial charge in [0, 0.05) is 23.0 Å². The van der Waals surface area contributed by atoms with E-state index in [1.807, 2.05) is 48.5 Å². The summed E-state index contributed by atoms with van der Waals surface area (Å²) >= 11 is 0. The number of aromatic nitrogens is 1. The predicted octanol–water partition coefficient (Wildman–Crippen LogP) is 5.99. The first-order valence-electron chi connectivity index (χ1n) is 11.9. The van der Waals surface area contributed by atoms with E-state index in [2.05, 4.69) is 9.72 Å². The van der Waals surface area contributed by atoms with Gasteiger partial charge in [0.15, 0.2) is 5.78 Å². The number of nitrogens with zero attached hydrogens (tertiary/aromatic N) is 1. The molecule has 4 aromatic rings. The molecule has 3 heterocycles. The summed E-state index contributed by atoms with van der Waals surface area (Å²) in [5.41, 5.74) is 4.67. The average Bonchev–Trinajstić information content (AvgIpc) is 3.37. The normalized spacial score (nSPS) is 20.5. The zero-order valence-corrected chi connectivity index (χ0v) is 20.0. The number of alkyl halides is 3. The van der Waals surface area contributed by atoms with Gasteiger partial charge in [-0.2, -0.15) is 0 Å². The Morgan fingerprint density at radius 2 is 1.61 bits per heavy atom. The molecule has 9 heteroatoms. The molecule has 38 heavy (non-hydrogen) atoms. The van der Waals surface area contributed by atoms with Gasteiger partial charge in [0.05, 0.1) is 6.04 Å². The number of para-hydroxylation sites is 1. The molecule has 1 aromatic heterocycles. The number of hydrogen-bond acceptors (Lipinski definition) is 4. The second kappa shape index (κ2) is 8.51. The van der Waals surface area contributed by atoms with E-state index in [0.717, 1.165) is 33.3 Å². The van der Waals surface area contributed by atoms with E-state index in [-0.39, 0.29) is 17.1 Å². The van der Waals surface area contributed by atoms with E-state index in [4.69, 9.17) is 0 Å². The molecule has 2 aliphatic rings. The predicted molar refractivity (Wildman–Crippen MR) is 133 cm³/mol. The Balaban J connectivity index is 1.41. The van der Waals surface area contributed by atoms with Crippen molar-refractivity contribution >= 4 is 22.6 Å². The number of aliphatic hydroxyl groups excluding tert-OH is 1. The summed E-state index contributed by atoms with van der Waals surface area (Å²) < 4.78 is 41.4. The molecule has 2 N–H and O–H groups in total. The second-order valence-corrected chi connectivity index (χ2v) is 9.42. The fourth-order valence-corrected chi connectivity index (χ4v) is 5.53. The van der Waals surface area contributed by atoms with E-state index in [9.17, 15) is 27.9 Å². The molecule has 2 aliphatic heterocycles. The summed E-state index contributed by atoms with van der Waals surface area (Å²) in [6.45, 7) is 1.34. The lowest BCUT2D eigenvalue weighted by molar-refractivity contribution is -0.274. The molecule has 0 saturated carbocycles. The fourth-order valence-electron chi connectivity index (χ4n) is 5.53. The van der Waals surface area contributed by atoms with Gasteiger partial charge >= 0.3 is 6.36 Å². The van der Waals surface area contributed by atoms with Crippen molar-refractivity contribution in [2.75, 3.05) is 0 Å². The monoisotopic (exact) mass is 518 g/mol. The minimum Gasteiger partial charge on any atom is -0.512 e. The number of aromatic amines is 1. The number of carbonyl (C=O) groups excluding carboxylic acids is 2. The SMILES string of the molecule is C/C(O)=C1\C(=O)[C@@H]2Cc3c([nH]c4ccccc34)[C@@H](c3ccc(-c4ccc(OC(F)(F)F)cc4)cc3)N2C1=O. The minimum atomic E-state index is -4.76. The molecule has 6 nitrogen and oxygen atoms in total. The third-order valence-electron chi connectivity index (χ3n) is 7.14. The molecule has 6 rings (SSSR count). The van der Waals surface area contributed by atoms with Crippen LogP contribution in [0.2, 0.25) is 0 Å². The van der Waals surface area contributed by atoms with Gasteiger partial charge in [-0.05, 0) is 47.4 Å². The maximum atomic E-state index is 13.4. The van der Waals surface area contributed by atoms with Gasteiger partial charge in [0.2, 0.25) is 0 Å². The number of nitrogens with one attached hydrogen (secondary N) is 1. The number of allylic oxidation sites excluding steroid dienone is 1. The fraction of sp³-hybridized carbons (Fsp3) is 0.172. The molecular formula is C29H21F3N2O4. The van der Waals surface area contributed by atoms with Crippen LogP contribution in [0.3, 0.4) is 0 Å². The van der Waals surface area contributed by atoms with Gasteiger partial charge in [-0.15, -0.1) is 13.2 Å². The zero-order chi connectivity index (χ0) is 26.8. The standard InChI is InChI=1S/C29H21F3N2O4/c1-15(35)24-27(36)23-14-21-20-4-2-3-5-22(20)33-25(21)26(34(23)28(24)37)18-8-6-16(7-9-18)17-10-12-19(13-11-17)38-29(30,31)32/h2-13,23,26,33,35H,14H2,1H3/b24-15-/t23-,26+/m0/s1. The first-order valence-corrected chi connectivity index (χ1v) is 11.9. The molecule has 1 saturated heterocycles. The highest BCUT2D eigenvalue weighted by Gasteiger charge is 2.52. The van der Waals surface area contributed by atoms with Crippen LogP contribution in [0.15, 0.2) is 84.1 Å². The summed E-state index contributed by atoms with van der Waals surface area (Å²) in [6.07, 6.45) is -4.43. The molecular weight excluding hydrogens is 497 g/mol. The van der Waals surface area contributed by atoms with Crippen molar-refractivity contribution in [1.29, 1.82) is 0 Å². The van der Waals surface area contributed by atoms with Crippen LogP contribution in [0.25, 0.3) is 22.0 Å². The van der Waals surface area contributed by atoms with Gasteiger partial charge in [0.25, 0.3) is 5.91 Å². The zero-order valence-electron chi connectivity index (χ0n) is 20.0. The summed E-state index contributed by atoms with van der Waals surface area (Å²) in [7, 11) is 0. The Labute approximate surface area is 215 Å². The van der Waals surface area contributed by atoms with Crippen molar-refractivity contribution in [2.45, 2.75) is 31.8 Å². The van der Waals surface area contributed by atoms with Crippen LogP contribution in [0.1, 0.15) is 29.8 Å². The quantitative estimate of drug-likeness (QED) is 0.198. The number of carbonyl (C=O) groups is 2. The summed E-state index contributed by atoms with van der Waals surface area (Å²) in [6, 6.07) is 19.3. The molecule has 1 amide bonds. The lowest BCUT2D eigenvalue weighted by atomic mass is 9.88. The Bertz CT molecular complexity index is 1610. The van der Waals surface area contributed by atoms with E-state index < -0.39 is 30.1 Å². The Kier molecular flexibility index (Phi) is 5.34. The molecule has 0 radical (unpaired) electrons. The van der Waals surface area contributed by atoms with Crippen molar-refractivity contribution in [1.82, 2.24) is 9.88 Å². The summed E-state index contributed by atoms with van der Waals surface area (Å²) in [4.78, 5) is 31.6. The molecule has 192 valence electrons. The van der Waals surface area contributed by atoms with Crippen LogP contribution in [-0.2, 0) is 16.0 Å². The average molecular weight is 518 g/mol. The van der Waals surface area contributed by atoms with E-state index in [1.54, 1.807) is 0 Å². The number of ketones is 1. The number of amides is 1. The topological polar surface area (TPSA) is 82.6 Å². The van der Waals surface area contributed by atoms with E-state index >= 15 is 0 Å². The lowest BCUT2D eigenvalue weighted by Gasteiger charge is -2.37. The minimum absolute atomic E-state index is 0.188. The van der Waals surface area contributed by atoms with E-state index in [1.165, 1.54) is 36.1 Å². The first-order chi connectivity index (χ1) is 18.1. The highest BCUT2D eigenvalue weighted by molar-refractivity contribution is 6.27. The van der Waals surface area contributed by atoms with Crippen molar-refractivity contribution in [3.63, 3.8) is 0 Å². The summed E-state index contributed by atoms with van der Waals surface area (Å²) in [5, 5.41) is 11.1. The lowest BCUT2D eigenvalue weighted by Crippen LogP contribution is -2.44. The largest absolute Gasteiger partial charge is 0.573 e. The first kappa shape index (κ1) is 23.8. The molecule has 1 fully saturated rings. The number of halogens is 3. The van der Waals surface area contributed by atoms with Crippen LogP contribution in [-0.4, -0.2) is 39.1 Å². The summed E-state index contributed by atoms with van der Waals surface area (Å²) in [5.74, 6) is -1.51. The van der Waals surface area contributed by atoms with Gasteiger partial charge in [-0.3, -0.25) is 9.59 Å². The number of ether oxygens (including phenoxy) is 1. The Morgan fingerprint density at radius 3 is 2.24 bits per heavy atom. The molecule has 3 aromatic carbocycles.